The van der Waals surface area contributed by atoms with Gasteiger partial charge in [-0.05, 0) is 34.8 Å². The molecular formula is C41H44O7. The average molecular weight is 649 g/mol. The number of ketones is 1. The Morgan fingerprint density at radius 2 is 1.38 bits per heavy atom. The number of hydrogen-bond donors (Lipinski definition) is 3. The van der Waals surface area contributed by atoms with Gasteiger partial charge in [0.2, 0.25) is 0 Å². The van der Waals surface area contributed by atoms with Crippen LogP contribution in [0.2, 0.25) is 0 Å². The fourth-order valence-electron chi connectivity index (χ4n) is 9.87. The summed E-state index contributed by atoms with van der Waals surface area (Å²) in [5.41, 5.74) is -2.92. The molecule has 2 fully saturated rings. The highest BCUT2D eigenvalue weighted by molar-refractivity contribution is 6.04. The highest BCUT2D eigenvalue weighted by Gasteiger charge is 2.86. The number of rotatable bonds is 7. The van der Waals surface area contributed by atoms with Crippen molar-refractivity contribution in [3.63, 3.8) is 0 Å². The molecule has 0 aliphatic heterocycles. The van der Waals surface area contributed by atoms with Crippen LogP contribution in [0.5, 0.6) is 0 Å². The number of aliphatic hydroxyl groups excluding tert-OH is 1. The summed E-state index contributed by atoms with van der Waals surface area (Å²) >= 11 is 0. The Kier molecular flexibility index (Phi) is 7.53. The Balaban J connectivity index is 1.40. The topological polar surface area (TPSA) is 113 Å². The quantitative estimate of drug-likeness (QED) is 0.176. The van der Waals surface area contributed by atoms with Gasteiger partial charge in [0, 0.05) is 42.4 Å². The Labute approximate surface area is 281 Å². The maximum absolute atomic E-state index is 13.8. The molecule has 0 amide bonds. The van der Waals surface area contributed by atoms with Crippen LogP contribution in [0.3, 0.4) is 0 Å². The molecule has 3 aromatic rings. The summed E-state index contributed by atoms with van der Waals surface area (Å²) in [5, 5.41) is 37.1. The lowest BCUT2D eigenvalue weighted by atomic mass is 9.59. The van der Waals surface area contributed by atoms with Gasteiger partial charge >= 0.3 is 5.97 Å². The minimum atomic E-state index is -1.95. The van der Waals surface area contributed by atoms with E-state index >= 15 is 0 Å². The standard InChI is InChI=1S/C41H44O7/c1-25-21-33-38(45,35(25)43)23-28(22-32-34-37(4,5)41(34,48-27(3)42)36(44)26(2)39(32,33)46)24-47-40(29-15-9-6-10-16-29,30-17-11-7-12-18-30)31-19-13-8-14-20-31/h6-22,26,32-34,36,44-46H,23-24H2,1-5H3/t26-,32+,33-,34+,36-,38-,39-,41-/m1/s1. The maximum Gasteiger partial charge on any atom is 0.303 e. The lowest BCUT2D eigenvalue weighted by molar-refractivity contribution is -0.218. The average Bonchev–Trinajstić information content (AvgIpc) is 3.51. The SMILES string of the molecule is CC(=O)O[C@@]12[C@H](O)[C@@H](C)[C@@]3(O)[C@@H](C=C(COC(c4ccccc4)(c4ccccc4)c4ccccc4)C[C@]4(O)C(=O)C(C)=C[C@@H]34)[C@H]1C2(C)C. The van der Waals surface area contributed by atoms with Crippen LogP contribution in [0.25, 0.3) is 0 Å². The van der Waals surface area contributed by atoms with Gasteiger partial charge in [-0.2, -0.15) is 0 Å². The summed E-state index contributed by atoms with van der Waals surface area (Å²) in [6, 6.07) is 29.9. The first-order valence-electron chi connectivity index (χ1n) is 16.8. The molecule has 48 heavy (non-hydrogen) atoms. The Morgan fingerprint density at radius 3 is 1.85 bits per heavy atom. The Morgan fingerprint density at radius 1 is 0.875 bits per heavy atom. The van der Waals surface area contributed by atoms with Gasteiger partial charge in [-0.3, -0.25) is 9.59 Å². The van der Waals surface area contributed by atoms with Crippen molar-refractivity contribution in [1.29, 1.82) is 0 Å². The van der Waals surface area contributed by atoms with E-state index in [-0.39, 0.29) is 13.0 Å². The highest BCUT2D eigenvalue weighted by atomic mass is 16.6. The monoisotopic (exact) mass is 648 g/mol. The molecule has 7 heteroatoms. The van der Waals surface area contributed by atoms with E-state index in [9.17, 15) is 24.9 Å². The smallest absolute Gasteiger partial charge is 0.303 e. The normalized spacial score (nSPS) is 34.9. The van der Waals surface area contributed by atoms with Crippen LogP contribution in [0, 0.1) is 29.1 Å². The number of fused-ring (bicyclic) bond motifs is 5. The molecule has 7 nitrogen and oxygen atoms in total. The van der Waals surface area contributed by atoms with Crippen LogP contribution >= 0.6 is 0 Å². The van der Waals surface area contributed by atoms with E-state index in [1.807, 2.05) is 111 Å². The molecular weight excluding hydrogens is 604 g/mol. The first-order valence-corrected chi connectivity index (χ1v) is 16.8. The molecule has 8 atom stereocenters. The van der Waals surface area contributed by atoms with Gasteiger partial charge in [0.05, 0.1) is 18.3 Å². The lowest BCUT2D eigenvalue weighted by Gasteiger charge is -2.52. The van der Waals surface area contributed by atoms with Crippen molar-refractivity contribution >= 4 is 11.8 Å². The van der Waals surface area contributed by atoms with Gasteiger partial charge < -0.3 is 24.8 Å². The van der Waals surface area contributed by atoms with Crippen LogP contribution in [0.1, 0.15) is 57.7 Å². The fraction of sp³-hybridized carbons (Fsp3) is 0.415. The molecule has 4 aliphatic rings. The number of carbonyl (C=O) groups is 2. The van der Waals surface area contributed by atoms with E-state index in [0.717, 1.165) is 16.7 Å². The summed E-state index contributed by atoms with van der Waals surface area (Å²) in [6.45, 7) is 8.62. The molecule has 0 heterocycles. The fourth-order valence-corrected chi connectivity index (χ4v) is 9.87. The number of carbonyl (C=O) groups excluding carboxylic acids is 2. The van der Waals surface area contributed by atoms with Crippen LogP contribution in [-0.4, -0.2) is 56.6 Å². The zero-order chi connectivity index (χ0) is 34.3. The van der Waals surface area contributed by atoms with Crippen molar-refractivity contribution < 1.29 is 34.4 Å². The van der Waals surface area contributed by atoms with Gasteiger partial charge in [0.1, 0.15) is 16.8 Å². The summed E-state index contributed by atoms with van der Waals surface area (Å²) in [4.78, 5) is 26.3. The second-order valence-corrected chi connectivity index (χ2v) is 14.9. The third kappa shape index (κ3) is 4.27. The zero-order valence-corrected chi connectivity index (χ0v) is 28.1. The molecule has 3 aromatic carbocycles. The zero-order valence-electron chi connectivity index (χ0n) is 28.1. The van der Waals surface area contributed by atoms with Crippen LogP contribution in [-0.2, 0) is 24.7 Å². The van der Waals surface area contributed by atoms with E-state index in [2.05, 4.69) is 0 Å². The number of aliphatic hydroxyl groups is 3. The highest BCUT2D eigenvalue weighted by Crippen LogP contribution is 2.76. The first kappa shape index (κ1) is 32.7. The molecule has 0 bridgehead atoms. The van der Waals surface area contributed by atoms with E-state index in [0.29, 0.717) is 11.1 Å². The molecule has 0 aromatic heterocycles. The minimum absolute atomic E-state index is 0.0251. The third-order valence-corrected chi connectivity index (χ3v) is 12.1. The van der Waals surface area contributed by atoms with Crippen molar-refractivity contribution in [2.45, 2.75) is 69.5 Å². The summed E-state index contributed by atoms with van der Waals surface area (Å²) in [7, 11) is 0. The molecule has 0 saturated heterocycles. The van der Waals surface area contributed by atoms with Crippen molar-refractivity contribution in [1.82, 2.24) is 0 Å². The predicted molar refractivity (Wildman–Crippen MR) is 180 cm³/mol. The van der Waals surface area contributed by atoms with E-state index in [1.54, 1.807) is 19.9 Å². The van der Waals surface area contributed by atoms with Gasteiger partial charge in [-0.25, -0.2) is 0 Å². The second kappa shape index (κ2) is 11.1. The van der Waals surface area contributed by atoms with Gasteiger partial charge in [-0.15, -0.1) is 0 Å². The third-order valence-electron chi connectivity index (χ3n) is 12.1. The van der Waals surface area contributed by atoms with Gasteiger partial charge in [0.25, 0.3) is 0 Å². The van der Waals surface area contributed by atoms with Gasteiger partial charge in [-0.1, -0.05) is 124 Å². The molecule has 0 unspecified atom stereocenters. The van der Waals surface area contributed by atoms with E-state index in [1.165, 1.54) is 6.92 Å². The molecule has 4 aliphatic carbocycles. The summed E-state index contributed by atoms with van der Waals surface area (Å²) in [5.74, 6) is -3.94. The number of esters is 1. The predicted octanol–water partition coefficient (Wildman–Crippen LogP) is 5.52. The molecule has 7 rings (SSSR count). The molecule has 2 saturated carbocycles. The second-order valence-electron chi connectivity index (χ2n) is 14.9. The van der Waals surface area contributed by atoms with Gasteiger partial charge in [0.15, 0.2) is 5.78 Å². The molecule has 0 radical (unpaired) electrons. The number of Topliss-reactive ketones (excluding diaryl/α,β-unsaturated/α-hetero) is 1. The van der Waals surface area contributed by atoms with Crippen molar-refractivity contribution in [3.05, 3.63) is 131 Å². The molecule has 3 N–H and O–H groups in total. The maximum atomic E-state index is 13.8. The van der Waals surface area contributed by atoms with Crippen molar-refractivity contribution in [2.75, 3.05) is 6.61 Å². The van der Waals surface area contributed by atoms with Crippen LogP contribution < -0.4 is 0 Å². The minimum Gasteiger partial charge on any atom is -0.456 e. The van der Waals surface area contributed by atoms with Crippen molar-refractivity contribution in [3.8, 4) is 0 Å². The van der Waals surface area contributed by atoms with Crippen LogP contribution in [0.15, 0.2) is 114 Å². The Bertz CT molecular complexity index is 1700. The number of ether oxygens (including phenoxy) is 2. The molecule has 250 valence electrons. The molecule has 0 spiro atoms. The Hall–Kier alpha value is -3.88. The van der Waals surface area contributed by atoms with E-state index in [4.69, 9.17) is 9.47 Å². The number of hydrogen-bond acceptors (Lipinski definition) is 7. The first-order chi connectivity index (χ1) is 22.8. The summed E-state index contributed by atoms with van der Waals surface area (Å²) < 4.78 is 13.1. The lowest BCUT2D eigenvalue weighted by Crippen LogP contribution is -2.65. The largest absolute Gasteiger partial charge is 0.456 e. The van der Waals surface area contributed by atoms with Crippen molar-refractivity contribution in [2.24, 2.45) is 29.1 Å². The van der Waals surface area contributed by atoms with E-state index < -0.39 is 69.3 Å². The summed E-state index contributed by atoms with van der Waals surface area (Å²) in [6.07, 6.45) is 2.34. The van der Waals surface area contributed by atoms with Crippen LogP contribution in [0.4, 0.5) is 0 Å². The number of benzene rings is 3.